The summed E-state index contributed by atoms with van der Waals surface area (Å²) < 4.78 is 11.1. The van der Waals surface area contributed by atoms with E-state index in [-0.39, 0.29) is 6.61 Å². The number of aryl methyl sites for hydroxylation is 1. The van der Waals surface area contributed by atoms with Crippen LogP contribution in [-0.2, 0) is 13.1 Å². The van der Waals surface area contributed by atoms with Crippen LogP contribution in [0.4, 0.5) is 0 Å². The fourth-order valence-electron chi connectivity index (χ4n) is 2.68. The van der Waals surface area contributed by atoms with Crippen molar-refractivity contribution in [1.82, 2.24) is 4.90 Å². The summed E-state index contributed by atoms with van der Waals surface area (Å²) in [6.07, 6.45) is 1.03. The zero-order valence-corrected chi connectivity index (χ0v) is 16.2. The third-order valence-corrected chi connectivity index (χ3v) is 5.35. The summed E-state index contributed by atoms with van der Waals surface area (Å²) in [5, 5.41) is 13.1. The molecule has 138 valence electrons. The standard InChI is InChI=1S/C20H22ClNO3S/c1-15-8-10-26-20(15)13-22(12-17-5-4-9-24-17)11-16(23)14-25-19-7-3-2-6-18(19)21/h2-10,16,23H,11-14H2,1H3. The lowest BCUT2D eigenvalue weighted by atomic mass is 10.2. The molecule has 0 fully saturated rings. The van der Waals surface area contributed by atoms with Gasteiger partial charge in [-0.25, -0.2) is 0 Å². The molecule has 1 aromatic carbocycles. The number of furan rings is 1. The van der Waals surface area contributed by atoms with Crippen LogP contribution in [-0.4, -0.2) is 29.3 Å². The minimum Gasteiger partial charge on any atom is -0.489 e. The predicted octanol–water partition coefficient (Wildman–Crippen LogP) is 4.75. The van der Waals surface area contributed by atoms with E-state index >= 15 is 0 Å². The lowest BCUT2D eigenvalue weighted by Crippen LogP contribution is -2.35. The van der Waals surface area contributed by atoms with Crippen molar-refractivity contribution < 1.29 is 14.3 Å². The van der Waals surface area contributed by atoms with Gasteiger partial charge in [-0.2, -0.15) is 0 Å². The molecule has 0 aliphatic heterocycles. The van der Waals surface area contributed by atoms with Crippen molar-refractivity contribution in [1.29, 1.82) is 0 Å². The van der Waals surface area contributed by atoms with Crippen LogP contribution in [0.25, 0.3) is 0 Å². The van der Waals surface area contributed by atoms with Crippen molar-refractivity contribution in [3.05, 3.63) is 75.3 Å². The fraction of sp³-hybridized carbons (Fsp3) is 0.300. The summed E-state index contributed by atoms with van der Waals surface area (Å²) in [6.45, 7) is 4.15. The third-order valence-electron chi connectivity index (χ3n) is 4.03. The first kappa shape index (κ1) is 19.0. The van der Waals surface area contributed by atoms with Crippen LogP contribution in [0, 0.1) is 6.92 Å². The second kappa shape index (κ2) is 9.24. The zero-order valence-electron chi connectivity index (χ0n) is 14.6. The third kappa shape index (κ3) is 5.35. The van der Waals surface area contributed by atoms with E-state index in [0.29, 0.717) is 23.9 Å². The Morgan fingerprint density at radius 3 is 2.73 bits per heavy atom. The molecule has 0 amide bonds. The van der Waals surface area contributed by atoms with Crippen molar-refractivity contribution in [2.75, 3.05) is 13.2 Å². The van der Waals surface area contributed by atoms with Gasteiger partial charge in [0.25, 0.3) is 0 Å². The zero-order chi connectivity index (χ0) is 18.4. The number of halogens is 1. The van der Waals surface area contributed by atoms with Crippen LogP contribution in [0.2, 0.25) is 5.02 Å². The van der Waals surface area contributed by atoms with Gasteiger partial charge in [0, 0.05) is 18.0 Å². The van der Waals surface area contributed by atoms with Gasteiger partial charge in [0.2, 0.25) is 0 Å². The molecule has 0 radical (unpaired) electrons. The molecular formula is C20H22ClNO3S. The quantitative estimate of drug-likeness (QED) is 0.572. The molecule has 4 nitrogen and oxygen atoms in total. The van der Waals surface area contributed by atoms with Gasteiger partial charge in [0.1, 0.15) is 24.2 Å². The van der Waals surface area contributed by atoms with Gasteiger partial charge in [-0.05, 0) is 48.2 Å². The van der Waals surface area contributed by atoms with E-state index in [0.717, 1.165) is 12.3 Å². The van der Waals surface area contributed by atoms with E-state index in [1.165, 1.54) is 10.4 Å². The highest BCUT2D eigenvalue weighted by atomic mass is 35.5. The maximum absolute atomic E-state index is 10.5. The molecule has 1 atom stereocenters. The summed E-state index contributed by atoms with van der Waals surface area (Å²) in [6, 6.07) is 13.2. The van der Waals surface area contributed by atoms with Crippen molar-refractivity contribution in [3.8, 4) is 5.75 Å². The predicted molar refractivity (Wildman–Crippen MR) is 105 cm³/mol. The Morgan fingerprint density at radius 1 is 1.19 bits per heavy atom. The van der Waals surface area contributed by atoms with Gasteiger partial charge < -0.3 is 14.3 Å². The van der Waals surface area contributed by atoms with Crippen molar-refractivity contribution in [2.45, 2.75) is 26.1 Å². The summed E-state index contributed by atoms with van der Waals surface area (Å²) in [4.78, 5) is 3.45. The Labute approximate surface area is 162 Å². The highest BCUT2D eigenvalue weighted by molar-refractivity contribution is 7.10. The van der Waals surface area contributed by atoms with Crippen LogP contribution < -0.4 is 4.74 Å². The second-order valence-corrected chi connectivity index (χ2v) is 7.58. The molecule has 0 spiro atoms. The Kier molecular flexibility index (Phi) is 6.74. The monoisotopic (exact) mass is 391 g/mol. The Morgan fingerprint density at radius 2 is 2.04 bits per heavy atom. The molecule has 1 N–H and O–H groups in total. The van der Waals surface area contributed by atoms with Crippen molar-refractivity contribution >= 4 is 22.9 Å². The second-order valence-electron chi connectivity index (χ2n) is 6.17. The number of benzene rings is 1. The molecule has 0 aliphatic carbocycles. The minimum absolute atomic E-state index is 0.182. The number of hydrogen-bond acceptors (Lipinski definition) is 5. The molecule has 0 saturated heterocycles. The molecule has 0 saturated carbocycles. The Hall–Kier alpha value is -1.79. The van der Waals surface area contributed by atoms with Gasteiger partial charge >= 0.3 is 0 Å². The van der Waals surface area contributed by atoms with Gasteiger partial charge in [-0.15, -0.1) is 11.3 Å². The molecule has 3 rings (SSSR count). The number of aliphatic hydroxyl groups excluding tert-OH is 1. The maximum atomic E-state index is 10.5. The van der Waals surface area contributed by atoms with Gasteiger partial charge in [0.15, 0.2) is 0 Å². The number of hydrogen-bond donors (Lipinski definition) is 1. The first-order chi connectivity index (χ1) is 12.6. The van der Waals surface area contributed by atoms with Crippen LogP contribution in [0.3, 0.4) is 0 Å². The van der Waals surface area contributed by atoms with E-state index in [1.54, 1.807) is 29.7 Å². The highest BCUT2D eigenvalue weighted by Crippen LogP contribution is 2.23. The average molecular weight is 392 g/mol. The Balaban J connectivity index is 1.60. The summed E-state index contributed by atoms with van der Waals surface area (Å²) >= 11 is 7.82. The summed E-state index contributed by atoms with van der Waals surface area (Å²) in [7, 11) is 0. The van der Waals surface area contributed by atoms with Gasteiger partial charge in [-0.1, -0.05) is 23.7 Å². The van der Waals surface area contributed by atoms with E-state index in [4.69, 9.17) is 20.8 Å². The molecular weight excluding hydrogens is 370 g/mol. The van der Waals surface area contributed by atoms with Crippen LogP contribution in [0.5, 0.6) is 5.75 Å². The largest absolute Gasteiger partial charge is 0.489 e. The van der Waals surface area contributed by atoms with Crippen molar-refractivity contribution in [2.24, 2.45) is 0 Å². The van der Waals surface area contributed by atoms with Crippen LogP contribution in [0.1, 0.15) is 16.2 Å². The SMILES string of the molecule is Cc1ccsc1CN(Cc1ccco1)CC(O)COc1ccccc1Cl. The molecule has 0 bridgehead atoms. The molecule has 3 aromatic rings. The summed E-state index contributed by atoms with van der Waals surface area (Å²) in [5.41, 5.74) is 1.27. The lowest BCUT2D eigenvalue weighted by Gasteiger charge is -2.24. The smallest absolute Gasteiger partial charge is 0.138 e. The lowest BCUT2D eigenvalue weighted by molar-refractivity contribution is 0.0608. The topological polar surface area (TPSA) is 45.8 Å². The van der Waals surface area contributed by atoms with Crippen molar-refractivity contribution in [3.63, 3.8) is 0 Å². The molecule has 2 aromatic heterocycles. The normalized spacial score (nSPS) is 12.5. The number of aliphatic hydroxyl groups is 1. The van der Waals surface area contributed by atoms with Crippen LogP contribution in [0.15, 0.2) is 58.5 Å². The van der Waals surface area contributed by atoms with E-state index in [2.05, 4.69) is 23.3 Å². The summed E-state index contributed by atoms with van der Waals surface area (Å²) in [5.74, 6) is 1.46. The highest BCUT2D eigenvalue weighted by Gasteiger charge is 2.16. The molecule has 1 unspecified atom stereocenters. The van der Waals surface area contributed by atoms with E-state index in [9.17, 15) is 5.11 Å². The number of ether oxygens (including phenoxy) is 1. The number of para-hydroxylation sites is 1. The fourth-order valence-corrected chi connectivity index (χ4v) is 3.81. The average Bonchev–Trinajstić information content (AvgIpc) is 3.26. The Bertz CT molecular complexity index is 803. The van der Waals surface area contributed by atoms with E-state index < -0.39 is 6.10 Å². The first-order valence-electron chi connectivity index (χ1n) is 8.45. The van der Waals surface area contributed by atoms with Crippen LogP contribution >= 0.6 is 22.9 Å². The molecule has 6 heteroatoms. The number of thiophene rings is 1. The van der Waals surface area contributed by atoms with E-state index in [1.807, 2.05) is 24.3 Å². The molecule has 2 heterocycles. The number of nitrogens with zero attached hydrogens (tertiary/aromatic N) is 1. The number of rotatable bonds is 9. The minimum atomic E-state index is -0.637. The first-order valence-corrected chi connectivity index (χ1v) is 9.70. The maximum Gasteiger partial charge on any atom is 0.138 e. The van der Waals surface area contributed by atoms with Gasteiger partial charge in [-0.3, -0.25) is 4.90 Å². The molecule has 26 heavy (non-hydrogen) atoms. The van der Waals surface area contributed by atoms with Gasteiger partial charge in [0.05, 0.1) is 17.8 Å². The molecule has 0 aliphatic rings.